The van der Waals surface area contributed by atoms with E-state index in [0.717, 1.165) is 29.5 Å². The number of carbonyl (C=O) groups excluding carboxylic acids is 1. The van der Waals surface area contributed by atoms with Crippen LogP contribution < -0.4 is 0 Å². The van der Waals surface area contributed by atoms with Crippen molar-refractivity contribution in [2.24, 2.45) is 0 Å². The highest BCUT2D eigenvalue weighted by Gasteiger charge is 2.43. The van der Waals surface area contributed by atoms with Gasteiger partial charge in [-0.25, -0.2) is 13.1 Å². The zero-order chi connectivity index (χ0) is 22.5. The average Bonchev–Trinajstić information content (AvgIpc) is 3.21. The first-order valence-electron chi connectivity index (χ1n) is 10.9. The van der Waals surface area contributed by atoms with Crippen LogP contribution in [-0.2, 0) is 22.1 Å². The Morgan fingerprint density at radius 2 is 1.84 bits per heavy atom. The Balaban J connectivity index is 1.53. The first-order valence-corrected chi connectivity index (χ1v) is 12.9. The van der Waals surface area contributed by atoms with Gasteiger partial charge in [0.25, 0.3) is 5.91 Å². The van der Waals surface area contributed by atoms with Gasteiger partial charge in [-0.3, -0.25) is 9.78 Å². The summed E-state index contributed by atoms with van der Waals surface area (Å²) in [6.45, 7) is 0. The number of sulfone groups is 1. The van der Waals surface area contributed by atoms with E-state index < -0.39 is 9.84 Å². The third-order valence-electron chi connectivity index (χ3n) is 6.45. The second kappa shape index (κ2) is 7.97. The molecule has 1 N–H and O–H groups in total. The van der Waals surface area contributed by atoms with Gasteiger partial charge in [0.2, 0.25) is 0 Å². The topological polar surface area (TPSA) is 105 Å². The lowest BCUT2D eigenvalue weighted by Crippen LogP contribution is -2.48. The molecule has 2 aliphatic rings. The van der Waals surface area contributed by atoms with E-state index in [2.05, 4.69) is 10.1 Å². The van der Waals surface area contributed by atoms with Gasteiger partial charge < -0.3 is 10.0 Å². The van der Waals surface area contributed by atoms with E-state index >= 15 is 0 Å². The van der Waals surface area contributed by atoms with Crippen molar-refractivity contribution in [1.29, 1.82) is 0 Å². The molecule has 2 aliphatic heterocycles. The van der Waals surface area contributed by atoms with Crippen molar-refractivity contribution in [3.63, 3.8) is 0 Å². The van der Waals surface area contributed by atoms with Crippen LogP contribution in [0.2, 0.25) is 0 Å². The maximum Gasteiger partial charge on any atom is 0.273 e. The van der Waals surface area contributed by atoms with Gasteiger partial charge >= 0.3 is 0 Å². The van der Waals surface area contributed by atoms with E-state index in [1.165, 1.54) is 10.9 Å². The second-order valence-corrected chi connectivity index (χ2v) is 11.1. The number of hydrogen-bond donors (Lipinski definition) is 1. The number of aliphatic hydroxyl groups excluding tert-OH is 1. The molecule has 32 heavy (non-hydrogen) atoms. The Bertz CT molecular complexity index is 1260. The number of aromatic nitrogens is 3. The monoisotopic (exact) mass is 454 g/mol. The number of fused-ring (bicyclic) bond motifs is 3. The maximum absolute atomic E-state index is 13.3. The molecule has 2 aromatic heterocycles. The highest BCUT2D eigenvalue weighted by Crippen LogP contribution is 2.37. The molecule has 0 spiro atoms. The van der Waals surface area contributed by atoms with Crippen LogP contribution in [0.1, 0.15) is 47.4 Å². The van der Waals surface area contributed by atoms with Gasteiger partial charge in [-0.15, -0.1) is 0 Å². The number of amides is 1. The van der Waals surface area contributed by atoms with Crippen molar-refractivity contribution in [1.82, 2.24) is 19.7 Å². The van der Waals surface area contributed by atoms with Crippen LogP contribution in [0.3, 0.4) is 0 Å². The third kappa shape index (κ3) is 4.02. The molecule has 168 valence electrons. The Labute approximate surface area is 186 Å². The molecule has 2 saturated heterocycles. The molecular formula is C23H26N4O4S. The number of benzene rings is 1. The molecule has 2 bridgehead atoms. The highest BCUT2D eigenvalue weighted by atomic mass is 32.2. The van der Waals surface area contributed by atoms with Gasteiger partial charge in [0.1, 0.15) is 11.6 Å². The Morgan fingerprint density at radius 3 is 2.50 bits per heavy atom. The molecule has 0 radical (unpaired) electrons. The van der Waals surface area contributed by atoms with Gasteiger partial charge in [-0.2, -0.15) is 5.10 Å². The van der Waals surface area contributed by atoms with Crippen molar-refractivity contribution in [2.75, 3.05) is 6.26 Å². The summed E-state index contributed by atoms with van der Waals surface area (Å²) in [4.78, 5) is 19.7. The molecule has 2 fully saturated rings. The lowest BCUT2D eigenvalue weighted by atomic mass is 9.99. The second-order valence-electron chi connectivity index (χ2n) is 8.97. The van der Waals surface area contributed by atoms with Gasteiger partial charge in [0.15, 0.2) is 9.84 Å². The first kappa shape index (κ1) is 21.1. The number of rotatable bonds is 5. The number of piperidine rings is 1. The summed E-state index contributed by atoms with van der Waals surface area (Å²) < 4.78 is 25.5. The molecule has 4 heterocycles. The van der Waals surface area contributed by atoms with E-state index in [-0.39, 0.29) is 35.7 Å². The van der Waals surface area contributed by atoms with Crippen molar-refractivity contribution in [2.45, 2.75) is 56.2 Å². The SMILES string of the molecule is CS(=O)(=O)Cn1nc(Cc2ccccc2)c2cnc(C(=O)N3C4CCC3CC(O)C4)cc21. The molecular weight excluding hydrogens is 428 g/mol. The molecule has 1 amide bonds. The van der Waals surface area contributed by atoms with Crippen molar-refractivity contribution in [3.8, 4) is 0 Å². The van der Waals surface area contributed by atoms with Gasteiger partial charge in [-0.1, -0.05) is 30.3 Å². The van der Waals surface area contributed by atoms with Crippen LogP contribution in [0.5, 0.6) is 0 Å². The predicted octanol–water partition coefficient (Wildman–Crippen LogP) is 2.15. The average molecular weight is 455 g/mol. The lowest BCUT2D eigenvalue weighted by molar-refractivity contribution is 0.0282. The fourth-order valence-corrected chi connectivity index (χ4v) is 5.74. The zero-order valence-corrected chi connectivity index (χ0v) is 18.7. The minimum Gasteiger partial charge on any atom is -0.393 e. The molecule has 1 aromatic carbocycles. The smallest absolute Gasteiger partial charge is 0.273 e. The quantitative estimate of drug-likeness (QED) is 0.633. The van der Waals surface area contributed by atoms with E-state index in [0.29, 0.717) is 24.8 Å². The van der Waals surface area contributed by atoms with Gasteiger partial charge in [0.05, 0.1) is 17.3 Å². The number of hydrogen-bond acceptors (Lipinski definition) is 6. The molecule has 9 heteroatoms. The summed E-state index contributed by atoms with van der Waals surface area (Å²) in [5, 5.41) is 15.4. The number of nitrogens with zero attached hydrogens (tertiary/aromatic N) is 4. The van der Waals surface area contributed by atoms with E-state index in [1.807, 2.05) is 35.2 Å². The summed E-state index contributed by atoms with van der Waals surface area (Å²) in [6.07, 6.45) is 5.96. The number of aliphatic hydroxyl groups is 1. The Hall–Kier alpha value is -2.78. The summed E-state index contributed by atoms with van der Waals surface area (Å²) in [7, 11) is -3.34. The van der Waals surface area contributed by atoms with Crippen LogP contribution in [0.4, 0.5) is 0 Å². The lowest BCUT2D eigenvalue weighted by Gasteiger charge is -2.37. The molecule has 5 rings (SSSR count). The van der Waals surface area contributed by atoms with Crippen LogP contribution in [-0.4, -0.2) is 63.5 Å². The van der Waals surface area contributed by atoms with Crippen LogP contribution in [0.15, 0.2) is 42.6 Å². The molecule has 3 aromatic rings. The van der Waals surface area contributed by atoms with Crippen LogP contribution in [0, 0.1) is 0 Å². The minimum atomic E-state index is -3.34. The third-order valence-corrected chi connectivity index (χ3v) is 7.16. The standard InChI is InChI=1S/C23H26N4O4S/c1-32(30,31)14-26-22-12-21(23(29)27-16-7-8-17(27)11-18(28)10-16)24-13-19(22)20(25-26)9-15-5-3-2-4-6-15/h2-6,12-13,16-18,28H,7-11,14H2,1H3. The summed E-state index contributed by atoms with van der Waals surface area (Å²) in [6, 6.07) is 11.5. The largest absolute Gasteiger partial charge is 0.393 e. The molecule has 0 saturated carbocycles. The fourth-order valence-electron chi connectivity index (χ4n) is 5.10. The van der Waals surface area contributed by atoms with Crippen LogP contribution >= 0.6 is 0 Å². The number of pyridine rings is 1. The first-order chi connectivity index (χ1) is 15.3. The van der Waals surface area contributed by atoms with Gasteiger partial charge in [-0.05, 0) is 37.3 Å². The summed E-state index contributed by atoms with van der Waals surface area (Å²) in [5.41, 5.74) is 2.65. The normalized spacial score (nSPS) is 23.1. The van der Waals surface area contributed by atoms with E-state index in [1.54, 1.807) is 12.3 Å². The van der Waals surface area contributed by atoms with Crippen molar-refractivity contribution >= 4 is 26.6 Å². The van der Waals surface area contributed by atoms with Gasteiger partial charge in [0, 0.05) is 36.3 Å². The van der Waals surface area contributed by atoms with Crippen molar-refractivity contribution in [3.05, 3.63) is 59.5 Å². The zero-order valence-electron chi connectivity index (χ0n) is 17.9. The fraction of sp³-hybridized carbons (Fsp3) is 0.435. The summed E-state index contributed by atoms with van der Waals surface area (Å²) in [5.74, 6) is -0.431. The molecule has 0 aliphatic carbocycles. The Kier molecular flexibility index (Phi) is 5.25. The number of carbonyl (C=O) groups is 1. The van der Waals surface area contributed by atoms with Crippen molar-refractivity contribution < 1.29 is 18.3 Å². The molecule has 2 unspecified atom stereocenters. The Morgan fingerprint density at radius 1 is 1.16 bits per heavy atom. The van der Waals surface area contributed by atoms with E-state index in [9.17, 15) is 18.3 Å². The highest BCUT2D eigenvalue weighted by molar-refractivity contribution is 7.89. The van der Waals surface area contributed by atoms with Crippen LogP contribution in [0.25, 0.3) is 10.9 Å². The minimum absolute atomic E-state index is 0.0309. The summed E-state index contributed by atoms with van der Waals surface area (Å²) >= 11 is 0. The van der Waals surface area contributed by atoms with E-state index in [4.69, 9.17) is 0 Å². The predicted molar refractivity (Wildman–Crippen MR) is 120 cm³/mol. The molecule has 8 nitrogen and oxygen atoms in total. The maximum atomic E-state index is 13.3. The molecule has 2 atom stereocenters.